The van der Waals surface area contributed by atoms with Gasteiger partial charge in [0.1, 0.15) is 12.4 Å². The normalized spacial score (nSPS) is 15.4. The van der Waals surface area contributed by atoms with Crippen molar-refractivity contribution in [3.63, 3.8) is 0 Å². The Morgan fingerprint density at radius 2 is 1.81 bits per heavy atom. The minimum Gasteiger partial charge on any atom is -0.492 e. The minimum atomic E-state index is 0.0673. The molecule has 0 radical (unpaired) electrons. The Morgan fingerprint density at radius 3 is 2.64 bits per heavy atom. The largest absolute Gasteiger partial charge is 0.492 e. The van der Waals surface area contributed by atoms with E-state index in [-0.39, 0.29) is 5.56 Å². The lowest BCUT2D eigenvalue weighted by Gasteiger charge is -2.26. The van der Waals surface area contributed by atoms with Gasteiger partial charge in [0.05, 0.1) is 24.4 Å². The Hall–Kier alpha value is -3.74. The fourth-order valence-electron chi connectivity index (χ4n) is 5.01. The predicted octanol–water partition coefficient (Wildman–Crippen LogP) is 4.55. The zero-order chi connectivity index (χ0) is 24.5. The first-order chi connectivity index (χ1) is 17.7. The first-order valence-electron chi connectivity index (χ1n) is 12.5. The van der Waals surface area contributed by atoms with Gasteiger partial charge in [0.25, 0.3) is 5.56 Å². The van der Waals surface area contributed by atoms with Gasteiger partial charge < -0.3 is 14.0 Å². The summed E-state index contributed by atoms with van der Waals surface area (Å²) in [5.41, 5.74) is 7.00. The van der Waals surface area contributed by atoms with E-state index in [4.69, 9.17) is 14.5 Å². The molecule has 1 aliphatic carbocycles. The molecular weight excluding hydrogens is 450 g/mol. The number of morpholine rings is 1. The van der Waals surface area contributed by atoms with Crippen molar-refractivity contribution in [2.45, 2.75) is 6.42 Å². The third-order valence-electron chi connectivity index (χ3n) is 7.06. The second-order valence-electron chi connectivity index (χ2n) is 9.39. The molecule has 1 saturated heterocycles. The third-order valence-corrected chi connectivity index (χ3v) is 7.06. The Kier molecular flexibility index (Phi) is 6.13. The molecule has 6 rings (SSSR count). The predicted molar refractivity (Wildman–Crippen MR) is 143 cm³/mol. The lowest BCUT2D eigenvalue weighted by atomic mass is 10.0. The molecule has 0 N–H and O–H groups in total. The summed E-state index contributed by atoms with van der Waals surface area (Å²) in [6.07, 6.45) is 6.66. The van der Waals surface area contributed by atoms with Crippen molar-refractivity contribution in [3.05, 3.63) is 88.4 Å². The number of nitrogens with zero attached hydrogens (tertiary/aromatic N) is 3. The van der Waals surface area contributed by atoms with E-state index in [1.165, 1.54) is 0 Å². The average molecular weight is 480 g/mol. The van der Waals surface area contributed by atoms with Crippen LogP contribution in [-0.4, -0.2) is 53.9 Å². The molecule has 2 aliphatic rings. The maximum absolute atomic E-state index is 12.5. The molecule has 1 fully saturated rings. The Morgan fingerprint density at radius 1 is 1.00 bits per heavy atom. The van der Waals surface area contributed by atoms with Crippen molar-refractivity contribution in [2.24, 2.45) is 7.05 Å². The molecule has 1 aliphatic heterocycles. The summed E-state index contributed by atoms with van der Waals surface area (Å²) >= 11 is 0. The van der Waals surface area contributed by atoms with Crippen molar-refractivity contribution in [1.82, 2.24) is 14.5 Å². The molecule has 182 valence electrons. The molecule has 0 saturated carbocycles. The van der Waals surface area contributed by atoms with Crippen LogP contribution in [0, 0.1) is 0 Å². The van der Waals surface area contributed by atoms with Crippen LogP contribution < -0.4 is 10.3 Å². The van der Waals surface area contributed by atoms with Gasteiger partial charge in [-0.3, -0.25) is 9.69 Å². The molecule has 36 heavy (non-hydrogen) atoms. The molecule has 6 heteroatoms. The average Bonchev–Trinajstić information content (AvgIpc) is 3.42. The van der Waals surface area contributed by atoms with Crippen LogP contribution in [0.4, 0.5) is 0 Å². The minimum absolute atomic E-state index is 0.0673. The maximum Gasteiger partial charge on any atom is 0.254 e. The number of hydrogen-bond donors (Lipinski definition) is 0. The molecule has 0 bridgehead atoms. The molecule has 2 aromatic carbocycles. The Balaban J connectivity index is 1.19. The summed E-state index contributed by atoms with van der Waals surface area (Å²) in [5, 5.41) is 1.08. The van der Waals surface area contributed by atoms with Crippen LogP contribution in [0.5, 0.6) is 5.75 Å². The number of aryl methyl sites for hydroxylation is 1. The van der Waals surface area contributed by atoms with E-state index in [0.29, 0.717) is 13.0 Å². The molecular formula is C30H29N3O3. The summed E-state index contributed by atoms with van der Waals surface area (Å²) in [7, 11) is 1.80. The SMILES string of the molecule is Cn1cc(-c2ccc3cc(-c4ccc(OCCN5CCOCC5)cc4)ccc3n2)c2c(c1=O)CC=C2. The van der Waals surface area contributed by atoms with Crippen LogP contribution in [0.15, 0.2) is 71.7 Å². The van der Waals surface area contributed by atoms with Crippen molar-refractivity contribution in [2.75, 3.05) is 39.5 Å². The second kappa shape index (κ2) is 9.72. The van der Waals surface area contributed by atoms with Crippen molar-refractivity contribution in [1.29, 1.82) is 0 Å². The van der Waals surface area contributed by atoms with Crippen LogP contribution in [-0.2, 0) is 18.2 Å². The van der Waals surface area contributed by atoms with Crippen molar-refractivity contribution >= 4 is 17.0 Å². The first kappa shape index (κ1) is 22.7. The molecule has 2 aromatic heterocycles. The molecule has 4 aromatic rings. The zero-order valence-corrected chi connectivity index (χ0v) is 20.4. The highest BCUT2D eigenvalue weighted by atomic mass is 16.5. The fraction of sp³-hybridized carbons (Fsp3) is 0.267. The van der Waals surface area contributed by atoms with Crippen molar-refractivity contribution < 1.29 is 9.47 Å². The number of ether oxygens (including phenoxy) is 2. The topological polar surface area (TPSA) is 56.6 Å². The summed E-state index contributed by atoms with van der Waals surface area (Å²) in [6.45, 7) is 5.17. The van der Waals surface area contributed by atoms with Gasteiger partial charge >= 0.3 is 0 Å². The first-order valence-corrected chi connectivity index (χ1v) is 12.5. The quantitative estimate of drug-likeness (QED) is 0.406. The summed E-state index contributed by atoms with van der Waals surface area (Å²) < 4.78 is 13.0. The van der Waals surface area contributed by atoms with Crippen LogP contribution in [0.2, 0.25) is 0 Å². The highest BCUT2D eigenvalue weighted by Crippen LogP contribution is 2.31. The second-order valence-corrected chi connectivity index (χ2v) is 9.39. The van der Waals surface area contributed by atoms with E-state index in [0.717, 1.165) is 83.0 Å². The van der Waals surface area contributed by atoms with Gasteiger partial charge in [-0.2, -0.15) is 0 Å². The van der Waals surface area contributed by atoms with Gasteiger partial charge in [-0.1, -0.05) is 36.4 Å². The molecule has 0 spiro atoms. The number of aromatic nitrogens is 2. The highest BCUT2D eigenvalue weighted by Gasteiger charge is 2.17. The van der Waals surface area contributed by atoms with E-state index < -0.39 is 0 Å². The number of rotatable bonds is 6. The van der Waals surface area contributed by atoms with Crippen LogP contribution in [0.1, 0.15) is 11.1 Å². The monoisotopic (exact) mass is 479 g/mol. The molecule has 3 heterocycles. The van der Waals surface area contributed by atoms with Crippen LogP contribution >= 0.6 is 0 Å². The highest BCUT2D eigenvalue weighted by molar-refractivity contribution is 5.87. The van der Waals surface area contributed by atoms with E-state index in [9.17, 15) is 4.79 Å². The number of allylic oxidation sites excluding steroid dienone is 1. The lowest BCUT2D eigenvalue weighted by Crippen LogP contribution is -2.38. The number of hydrogen-bond acceptors (Lipinski definition) is 5. The molecule has 6 nitrogen and oxygen atoms in total. The molecule has 0 unspecified atom stereocenters. The van der Waals surface area contributed by atoms with E-state index in [1.807, 2.05) is 36.5 Å². The summed E-state index contributed by atoms with van der Waals surface area (Å²) in [5.74, 6) is 0.887. The van der Waals surface area contributed by atoms with Gasteiger partial charge in [-0.15, -0.1) is 0 Å². The Bertz CT molecular complexity index is 1500. The number of benzene rings is 2. The fourth-order valence-corrected chi connectivity index (χ4v) is 5.01. The number of pyridine rings is 2. The maximum atomic E-state index is 12.5. The van der Waals surface area contributed by atoms with Gasteiger partial charge in [-0.05, 0) is 53.4 Å². The van der Waals surface area contributed by atoms with E-state index in [1.54, 1.807) is 11.6 Å². The standard InChI is InChI=1S/C30H29N3O3/c1-32-20-27(25-3-2-4-26(25)30(32)34)29-12-8-23-19-22(7-11-28(23)31-29)21-5-9-24(10-6-21)36-18-15-33-13-16-35-17-14-33/h2-3,5-12,19-20H,4,13-18H2,1H3. The molecule has 0 atom stereocenters. The molecule has 0 amide bonds. The zero-order valence-electron chi connectivity index (χ0n) is 20.4. The van der Waals surface area contributed by atoms with Gasteiger partial charge in [0, 0.05) is 49.4 Å². The smallest absolute Gasteiger partial charge is 0.254 e. The summed E-state index contributed by atoms with van der Waals surface area (Å²) in [6, 6.07) is 18.8. The lowest BCUT2D eigenvalue weighted by molar-refractivity contribution is 0.0322. The van der Waals surface area contributed by atoms with E-state index in [2.05, 4.69) is 41.3 Å². The Labute approximate surface area is 210 Å². The summed E-state index contributed by atoms with van der Waals surface area (Å²) in [4.78, 5) is 19.8. The third kappa shape index (κ3) is 4.45. The van der Waals surface area contributed by atoms with Gasteiger partial charge in [0.15, 0.2) is 0 Å². The van der Waals surface area contributed by atoms with Gasteiger partial charge in [-0.25, -0.2) is 4.98 Å². The van der Waals surface area contributed by atoms with Gasteiger partial charge in [0.2, 0.25) is 0 Å². The van der Waals surface area contributed by atoms with Crippen LogP contribution in [0.3, 0.4) is 0 Å². The number of fused-ring (bicyclic) bond motifs is 2. The van der Waals surface area contributed by atoms with E-state index >= 15 is 0 Å². The van der Waals surface area contributed by atoms with Crippen LogP contribution in [0.25, 0.3) is 39.4 Å². The van der Waals surface area contributed by atoms with Crippen molar-refractivity contribution in [3.8, 4) is 28.1 Å².